The van der Waals surface area contributed by atoms with Crippen molar-refractivity contribution in [3.63, 3.8) is 0 Å². The molecule has 0 aliphatic carbocycles. The van der Waals surface area contributed by atoms with Crippen molar-refractivity contribution in [2.45, 2.75) is 13.5 Å². The minimum absolute atomic E-state index is 0.204. The second-order valence-electron chi connectivity index (χ2n) is 4.08. The zero-order chi connectivity index (χ0) is 14.0. The van der Waals surface area contributed by atoms with Crippen molar-refractivity contribution >= 4 is 17.3 Å². The molecule has 0 atom stereocenters. The predicted molar refractivity (Wildman–Crippen MR) is 71.4 cm³/mol. The largest absolute Gasteiger partial charge is 0.396 e. The van der Waals surface area contributed by atoms with Crippen LogP contribution in [0.25, 0.3) is 0 Å². The number of nitrogen functional groups attached to an aromatic ring is 1. The van der Waals surface area contributed by atoms with Gasteiger partial charge in [-0.2, -0.15) is 5.10 Å². The van der Waals surface area contributed by atoms with E-state index in [-0.39, 0.29) is 23.0 Å². The molecule has 1 aromatic carbocycles. The molecule has 0 bridgehead atoms. The molecule has 0 radical (unpaired) electrons. The normalized spacial score (nSPS) is 10.5. The van der Waals surface area contributed by atoms with Crippen LogP contribution in [0.4, 0.5) is 15.8 Å². The zero-order valence-corrected chi connectivity index (χ0v) is 10.8. The van der Waals surface area contributed by atoms with Crippen molar-refractivity contribution in [1.82, 2.24) is 9.78 Å². The first-order valence-electron chi connectivity index (χ1n) is 5.90. The highest BCUT2D eigenvalue weighted by atomic mass is 19.1. The highest BCUT2D eigenvalue weighted by Gasteiger charge is 2.22. The molecular formula is C13H15FN4O. The lowest BCUT2D eigenvalue weighted by Crippen LogP contribution is -2.30. The lowest BCUT2D eigenvalue weighted by Gasteiger charge is -2.18. The standard InChI is InChI=1S/C13H15FN4O/c1-3-18-12(10(15)8-16-18)13(19)17(2)11-7-5-4-6-9(11)14/h4-8H,3,15H2,1-2H3. The molecule has 0 saturated carbocycles. The van der Waals surface area contributed by atoms with Gasteiger partial charge in [0.25, 0.3) is 5.91 Å². The molecule has 1 aromatic heterocycles. The number of carbonyl (C=O) groups excluding carboxylic acids is 1. The number of halogens is 1. The third-order valence-corrected chi connectivity index (χ3v) is 2.89. The maximum absolute atomic E-state index is 13.7. The summed E-state index contributed by atoms with van der Waals surface area (Å²) in [7, 11) is 1.51. The maximum atomic E-state index is 13.7. The molecular weight excluding hydrogens is 247 g/mol. The van der Waals surface area contributed by atoms with Crippen LogP contribution < -0.4 is 10.6 Å². The predicted octanol–water partition coefficient (Wildman–Crippen LogP) is 1.90. The van der Waals surface area contributed by atoms with E-state index in [0.717, 1.165) is 0 Å². The Balaban J connectivity index is 2.39. The molecule has 6 heteroatoms. The van der Waals surface area contributed by atoms with Crippen LogP contribution in [0.1, 0.15) is 17.4 Å². The summed E-state index contributed by atoms with van der Waals surface area (Å²) in [6.45, 7) is 2.37. The number of nitrogens with two attached hydrogens (primary N) is 1. The molecule has 100 valence electrons. The fraction of sp³-hybridized carbons (Fsp3) is 0.231. The summed E-state index contributed by atoms with van der Waals surface area (Å²) >= 11 is 0. The second-order valence-corrected chi connectivity index (χ2v) is 4.08. The van der Waals surface area contributed by atoms with E-state index in [4.69, 9.17) is 5.73 Å². The van der Waals surface area contributed by atoms with Gasteiger partial charge >= 0.3 is 0 Å². The molecule has 0 fully saturated rings. The number of carbonyl (C=O) groups is 1. The first-order chi connectivity index (χ1) is 9.06. The lowest BCUT2D eigenvalue weighted by atomic mass is 10.2. The van der Waals surface area contributed by atoms with E-state index in [2.05, 4.69) is 5.10 Å². The van der Waals surface area contributed by atoms with Crippen LogP contribution in [-0.2, 0) is 6.54 Å². The quantitative estimate of drug-likeness (QED) is 0.918. The van der Waals surface area contributed by atoms with Crippen LogP contribution in [0.3, 0.4) is 0 Å². The average Bonchev–Trinajstić information content (AvgIpc) is 2.78. The van der Waals surface area contributed by atoms with E-state index in [0.29, 0.717) is 6.54 Å². The summed E-state index contributed by atoms with van der Waals surface area (Å²) in [6.07, 6.45) is 1.42. The monoisotopic (exact) mass is 262 g/mol. The Morgan fingerprint density at radius 3 is 2.79 bits per heavy atom. The summed E-state index contributed by atoms with van der Waals surface area (Å²) in [5.74, 6) is -0.846. The van der Waals surface area contributed by atoms with Gasteiger partial charge in [0.2, 0.25) is 0 Å². The van der Waals surface area contributed by atoms with Crippen LogP contribution >= 0.6 is 0 Å². The van der Waals surface area contributed by atoms with Crippen molar-refractivity contribution in [1.29, 1.82) is 0 Å². The first-order valence-corrected chi connectivity index (χ1v) is 5.90. The highest BCUT2D eigenvalue weighted by molar-refractivity contribution is 6.07. The number of para-hydroxylation sites is 1. The molecule has 0 spiro atoms. The molecule has 2 aromatic rings. The van der Waals surface area contributed by atoms with Gasteiger partial charge in [-0.1, -0.05) is 12.1 Å². The summed E-state index contributed by atoms with van der Waals surface area (Å²) in [4.78, 5) is 13.6. The Hall–Kier alpha value is -2.37. The van der Waals surface area contributed by atoms with Gasteiger partial charge in [0.1, 0.15) is 11.5 Å². The minimum Gasteiger partial charge on any atom is -0.396 e. The van der Waals surface area contributed by atoms with Gasteiger partial charge in [-0.15, -0.1) is 0 Å². The smallest absolute Gasteiger partial charge is 0.278 e. The average molecular weight is 262 g/mol. The van der Waals surface area contributed by atoms with Gasteiger partial charge in [0.05, 0.1) is 17.6 Å². The molecule has 1 amide bonds. The number of aromatic nitrogens is 2. The summed E-state index contributed by atoms with van der Waals surface area (Å²) in [6, 6.07) is 6.08. The van der Waals surface area contributed by atoms with Crippen molar-refractivity contribution in [3.8, 4) is 0 Å². The summed E-state index contributed by atoms with van der Waals surface area (Å²) < 4.78 is 15.2. The molecule has 0 aliphatic heterocycles. The molecule has 0 saturated heterocycles. The third kappa shape index (κ3) is 2.29. The summed E-state index contributed by atoms with van der Waals surface area (Å²) in [5, 5.41) is 4.00. The Bertz CT molecular complexity index is 608. The minimum atomic E-state index is -0.459. The van der Waals surface area contributed by atoms with Crippen LogP contribution in [0, 0.1) is 5.82 Å². The number of nitrogens with zero attached hydrogens (tertiary/aromatic N) is 3. The van der Waals surface area contributed by atoms with Gasteiger partial charge in [-0.25, -0.2) is 4.39 Å². The molecule has 2 rings (SSSR count). The van der Waals surface area contributed by atoms with Gasteiger partial charge in [-0.3, -0.25) is 9.48 Å². The maximum Gasteiger partial charge on any atom is 0.278 e. The lowest BCUT2D eigenvalue weighted by molar-refractivity contribution is 0.0983. The van der Waals surface area contributed by atoms with Crippen LogP contribution in [-0.4, -0.2) is 22.7 Å². The number of hydrogen-bond acceptors (Lipinski definition) is 3. The topological polar surface area (TPSA) is 64.2 Å². The number of amides is 1. The molecule has 5 nitrogen and oxygen atoms in total. The zero-order valence-electron chi connectivity index (χ0n) is 10.8. The molecule has 1 heterocycles. The Morgan fingerprint density at radius 1 is 1.47 bits per heavy atom. The van der Waals surface area contributed by atoms with Crippen molar-refractivity contribution in [2.24, 2.45) is 0 Å². The van der Waals surface area contributed by atoms with E-state index in [1.54, 1.807) is 12.1 Å². The van der Waals surface area contributed by atoms with E-state index in [9.17, 15) is 9.18 Å². The number of aryl methyl sites for hydroxylation is 1. The number of anilines is 2. The van der Waals surface area contributed by atoms with Gasteiger partial charge < -0.3 is 10.6 Å². The van der Waals surface area contributed by atoms with Crippen LogP contribution in [0.2, 0.25) is 0 Å². The third-order valence-electron chi connectivity index (χ3n) is 2.89. The number of rotatable bonds is 3. The highest BCUT2D eigenvalue weighted by Crippen LogP contribution is 2.21. The van der Waals surface area contributed by atoms with E-state index in [1.165, 1.54) is 35.0 Å². The van der Waals surface area contributed by atoms with Crippen molar-refractivity contribution in [3.05, 3.63) is 42.0 Å². The van der Waals surface area contributed by atoms with Crippen molar-refractivity contribution < 1.29 is 9.18 Å². The van der Waals surface area contributed by atoms with Crippen LogP contribution in [0.15, 0.2) is 30.5 Å². The van der Waals surface area contributed by atoms with Gasteiger partial charge in [0, 0.05) is 13.6 Å². The Labute approximate surface area is 110 Å². The number of benzene rings is 1. The molecule has 19 heavy (non-hydrogen) atoms. The van der Waals surface area contributed by atoms with Crippen LogP contribution in [0.5, 0.6) is 0 Å². The van der Waals surface area contributed by atoms with Gasteiger partial charge in [-0.05, 0) is 19.1 Å². The van der Waals surface area contributed by atoms with E-state index in [1.807, 2.05) is 6.92 Å². The fourth-order valence-electron chi connectivity index (χ4n) is 1.87. The van der Waals surface area contributed by atoms with E-state index >= 15 is 0 Å². The summed E-state index contributed by atoms with van der Waals surface area (Å²) in [5.41, 5.74) is 6.51. The molecule has 2 N–H and O–H groups in total. The fourth-order valence-corrected chi connectivity index (χ4v) is 1.87. The Kier molecular flexibility index (Phi) is 3.50. The molecule has 0 aliphatic rings. The first kappa shape index (κ1) is 13.1. The Morgan fingerprint density at radius 2 is 2.16 bits per heavy atom. The molecule has 0 unspecified atom stereocenters. The van der Waals surface area contributed by atoms with E-state index < -0.39 is 5.82 Å². The van der Waals surface area contributed by atoms with Crippen molar-refractivity contribution in [2.75, 3.05) is 17.7 Å². The number of hydrogen-bond donors (Lipinski definition) is 1. The second kappa shape index (κ2) is 5.09. The SMILES string of the molecule is CCn1ncc(N)c1C(=O)N(C)c1ccccc1F. The van der Waals surface area contributed by atoms with Gasteiger partial charge in [0.15, 0.2) is 0 Å².